The molecule has 2 unspecified atom stereocenters. The summed E-state index contributed by atoms with van der Waals surface area (Å²) in [5, 5.41) is 11.9. The van der Waals surface area contributed by atoms with Crippen molar-refractivity contribution in [3.8, 4) is 5.75 Å². The zero-order valence-electron chi connectivity index (χ0n) is 14.3. The number of nitrogens with one attached hydrogen (secondary N) is 1. The van der Waals surface area contributed by atoms with Crippen LogP contribution in [-0.2, 0) is 9.59 Å². The molecule has 1 amide bonds. The van der Waals surface area contributed by atoms with E-state index in [0.717, 1.165) is 11.3 Å². The third kappa shape index (κ3) is 6.30. The van der Waals surface area contributed by atoms with Gasteiger partial charge in [0.25, 0.3) is 0 Å². The molecule has 1 aromatic rings. The molecule has 0 bridgehead atoms. The number of hydrogen-bond donors (Lipinski definition) is 2. The molecule has 0 saturated carbocycles. The van der Waals surface area contributed by atoms with Gasteiger partial charge in [-0.25, -0.2) is 0 Å². The zero-order chi connectivity index (χ0) is 17.4. The standard InChI is InChI=1S/C18H27NO4/c1-12(2)9-14(18(21)22)11-19-17(20)10-13(3)15-7-5-6-8-16(15)23-4/h5-8,12-14H,9-11H2,1-4H3,(H,19,20)(H,21,22). The summed E-state index contributed by atoms with van der Waals surface area (Å²) >= 11 is 0. The molecule has 23 heavy (non-hydrogen) atoms. The average Bonchev–Trinajstić information content (AvgIpc) is 2.50. The molecule has 128 valence electrons. The fraction of sp³-hybridized carbons (Fsp3) is 0.556. The molecule has 0 spiro atoms. The third-order valence-corrected chi connectivity index (χ3v) is 3.81. The smallest absolute Gasteiger partial charge is 0.308 e. The lowest BCUT2D eigenvalue weighted by Gasteiger charge is -2.18. The number of methoxy groups -OCH3 is 1. The molecule has 2 atom stereocenters. The van der Waals surface area contributed by atoms with Gasteiger partial charge in [0.2, 0.25) is 5.91 Å². The Morgan fingerprint density at radius 3 is 2.43 bits per heavy atom. The van der Waals surface area contributed by atoms with Crippen molar-refractivity contribution in [1.82, 2.24) is 5.32 Å². The van der Waals surface area contributed by atoms with E-state index in [1.54, 1.807) is 7.11 Å². The van der Waals surface area contributed by atoms with Gasteiger partial charge < -0.3 is 15.2 Å². The summed E-state index contributed by atoms with van der Waals surface area (Å²) < 4.78 is 5.31. The summed E-state index contributed by atoms with van der Waals surface area (Å²) in [7, 11) is 1.61. The van der Waals surface area contributed by atoms with Crippen LogP contribution in [0.1, 0.15) is 45.1 Å². The van der Waals surface area contributed by atoms with Crippen molar-refractivity contribution in [3.05, 3.63) is 29.8 Å². The van der Waals surface area contributed by atoms with Crippen molar-refractivity contribution in [2.45, 2.75) is 39.5 Å². The van der Waals surface area contributed by atoms with Gasteiger partial charge in [0.05, 0.1) is 13.0 Å². The number of para-hydroxylation sites is 1. The number of aliphatic carboxylic acids is 1. The molecule has 0 fully saturated rings. The fourth-order valence-corrected chi connectivity index (χ4v) is 2.61. The Bertz CT molecular complexity index is 528. The Balaban J connectivity index is 2.57. The maximum Gasteiger partial charge on any atom is 0.308 e. The topological polar surface area (TPSA) is 75.6 Å². The second-order valence-corrected chi connectivity index (χ2v) is 6.32. The number of carboxylic acid groups (broad SMARTS) is 1. The van der Waals surface area contributed by atoms with E-state index in [2.05, 4.69) is 5.32 Å². The van der Waals surface area contributed by atoms with Crippen LogP contribution in [-0.4, -0.2) is 30.6 Å². The molecular formula is C18H27NO4. The van der Waals surface area contributed by atoms with Crippen molar-refractivity contribution < 1.29 is 19.4 Å². The Labute approximate surface area is 138 Å². The maximum atomic E-state index is 12.1. The average molecular weight is 321 g/mol. The monoisotopic (exact) mass is 321 g/mol. The molecule has 0 aromatic heterocycles. The lowest BCUT2D eigenvalue weighted by Crippen LogP contribution is -2.34. The van der Waals surface area contributed by atoms with E-state index in [4.69, 9.17) is 4.74 Å². The summed E-state index contributed by atoms with van der Waals surface area (Å²) in [5.41, 5.74) is 0.974. The Morgan fingerprint density at radius 1 is 1.22 bits per heavy atom. The second-order valence-electron chi connectivity index (χ2n) is 6.32. The van der Waals surface area contributed by atoms with E-state index >= 15 is 0 Å². The van der Waals surface area contributed by atoms with Crippen LogP contribution in [0.4, 0.5) is 0 Å². The van der Waals surface area contributed by atoms with Crippen LogP contribution in [0.5, 0.6) is 5.75 Å². The summed E-state index contributed by atoms with van der Waals surface area (Å²) in [6.45, 7) is 6.08. The molecule has 0 aliphatic rings. The Hall–Kier alpha value is -2.04. The van der Waals surface area contributed by atoms with Crippen molar-refractivity contribution in [2.75, 3.05) is 13.7 Å². The maximum absolute atomic E-state index is 12.1. The highest BCUT2D eigenvalue weighted by molar-refractivity contribution is 5.78. The number of ether oxygens (including phenoxy) is 1. The van der Waals surface area contributed by atoms with Gasteiger partial charge in [-0.3, -0.25) is 9.59 Å². The number of carbonyl (C=O) groups is 2. The largest absolute Gasteiger partial charge is 0.496 e. The minimum Gasteiger partial charge on any atom is -0.496 e. The summed E-state index contributed by atoms with van der Waals surface area (Å²) in [6.07, 6.45) is 0.853. The van der Waals surface area contributed by atoms with Crippen LogP contribution in [0.3, 0.4) is 0 Å². The third-order valence-electron chi connectivity index (χ3n) is 3.81. The summed E-state index contributed by atoms with van der Waals surface area (Å²) in [6, 6.07) is 7.61. The van der Waals surface area contributed by atoms with E-state index in [1.807, 2.05) is 45.0 Å². The quantitative estimate of drug-likeness (QED) is 0.733. The number of rotatable bonds is 9. The minimum absolute atomic E-state index is 0.000438. The van der Waals surface area contributed by atoms with Gasteiger partial charge in [-0.05, 0) is 29.9 Å². The zero-order valence-corrected chi connectivity index (χ0v) is 14.3. The van der Waals surface area contributed by atoms with E-state index in [-0.39, 0.29) is 24.3 Å². The van der Waals surface area contributed by atoms with E-state index in [0.29, 0.717) is 12.8 Å². The van der Waals surface area contributed by atoms with Gasteiger partial charge in [-0.15, -0.1) is 0 Å². The molecule has 0 aliphatic carbocycles. The molecular weight excluding hydrogens is 294 g/mol. The van der Waals surface area contributed by atoms with E-state index in [1.165, 1.54) is 0 Å². The van der Waals surface area contributed by atoms with Crippen LogP contribution in [0.25, 0.3) is 0 Å². The highest BCUT2D eigenvalue weighted by atomic mass is 16.5. The van der Waals surface area contributed by atoms with Gasteiger partial charge in [-0.1, -0.05) is 39.0 Å². The predicted molar refractivity (Wildman–Crippen MR) is 89.6 cm³/mol. The van der Waals surface area contributed by atoms with E-state index < -0.39 is 11.9 Å². The fourth-order valence-electron chi connectivity index (χ4n) is 2.61. The first-order valence-corrected chi connectivity index (χ1v) is 7.97. The first-order valence-electron chi connectivity index (χ1n) is 7.97. The van der Waals surface area contributed by atoms with Crippen molar-refractivity contribution in [2.24, 2.45) is 11.8 Å². The lowest BCUT2D eigenvalue weighted by molar-refractivity contribution is -0.142. The second kappa shape index (κ2) is 9.18. The summed E-state index contributed by atoms with van der Waals surface area (Å²) in [5.74, 6) is -0.508. The number of hydrogen-bond acceptors (Lipinski definition) is 3. The Morgan fingerprint density at radius 2 is 1.87 bits per heavy atom. The van der Waals surface area contributed by atoms with Crippen LogP contribution >= 0.6 is 0 Å². The predicted octanol–water partition coefficient (Wildman–Crippen LogP) is 3.05. The molecule has 5 nitrogen and oxygen atoms in total. The van der Waals surface area contributed by atoms with Crippen LogP contribution in [0.2, 0.25) is 0 Å². The van der Waals surface area contributed by atoms with Gasteiger partial charge in [-0.2, -0.15) is 0 Å². The SMILES string of the molecule is COc1ccccc1C(C)CC(=O)NCC(CC(C)C)C(=O)O. The summed E-state index contributed by atoms with van der Waals surface area (Å²) in [4.78, 5) is 23.3. The number of carbonyl (C=O) groups excluding carboxylic acids is 1. The molecule has 0 heterocycles. The Kier molecular flexibility index (Phi) is 7.59. The highest BCUT2D eigenvalue weighted by Crippen LogP contribution is 2.28. The van der Waals surface area contributed by atoms with Crippen molar-refractivity contribution in [3.63, 3.8) is 0 Å². The van der Waals surface area contributed by atoms with Crippen LogP contribution < -0.4 is 10.1 Å². The van der Waals surface area contributed by atoms with Gasteiger partial charge in [0.1, 0.15) is 5.75 Å². The molecule has 2 N–H and O–H groups in total. The molecule has 1 aromatic carbocycles. The lowest BCUT2D eigenvalue weighted by atomic mass is 9.95. The van der Waals surface area contributed by atoms with Gasteiger partial charge in [0.15, 0.2) is 0 Å². The molecule has 0 radical (unpaired) electrons. The van der Waals surface area contributed by atoms with Crippen molar-refractivity contribution >= 4 is 11.9 Å². The molecule has 1 rings (SSSR count). The van der Waals surface area contributed by atoms with Gasteiger partial charge in [0, 0.05) is 13.0 Å². The normalized spacial score (nSPS) is 13.4. The number of carboxylic acids is 1. The van der Waals surface area contributed by atoms with Crippen LogP contribution in [0, 0.1) is 11.8 Å². The number of amides is 1. The number of benzene rings is 1. The van der Waals surface area contributed by atoms with E-state index in [9.17, 15) is 14.7 Å². The first kappa shape index (κ1) is 19.0. The molecule has 0 saturated heterocycles. The van der Waals surface area contributed by atoms with Crippen LogP contribution in [0.15, 0.2) is 24.3 Å². The minimum atomic E-state index is -0.864. The molecule has 5 heteroatoms. The molecule has 0 aliphatic heterocycles. The van der Waals surface area contributed by atoms with Gasteiger partial charge >= 0.3 is 5.97 Å². The van der Waals surface area contributed by atoms with Crippen molar-refractivity contribution in [1.29, 1.82) is 0 Å². The first-order chi connectivity index (χ1) is 10.8. The highest BCUT2D eigenvalue weighted by Gasteiger charge is 2.21.